The third-order valence-electron chi connectivity index (χ3n) is 3.71. The molecule has 0 aliphatic heterocycles. The van der Waals surface area contributed by atoms with Gasteiger partial charge in [0.1, 0.15) is 0 Å². The molecule has 0 saturated carbocycles. The van der Waals surface area contributed by atoms with Crippen molar-refractivity contribution >= 4 is 15.9 Å². The summed E-state index contributed by atoms with van der Waals surface area (Å²) in [5.41, 5.74) is 1.48. The molecule has 0 spiro atoms. The highest BCUT2D eigenvalue weighted by Crippen LogP contribution is 2.22. The number of benzene rings is 2. The summed E-state index contributed by atoms with van der Waals surface area (Å²) in [6.45, 7) is 3.13. The molecule has 2 aromatic rings. The molecule has 0 heterocycles. The van der Waals surface area contributed by atoms with Crippen LogP contribution in [-0.2, 0) is 14.8 Å². The Hall–Kier alpha value is -2.18. The van der Waals surface area contributed by atoms with Crippen LogP contribution >= 0.6 is 0 Å². The molecule has 1 amide bonds. The van der Waals surface area contributed by atoms with E-state index in [9.17, 15) is 18.3 Å². The largest absolute Gasteiger partial charge is 0.387 e. The van der Waals surface area contributed by atoms with Gasteiger partial charge in [0.05, 0.1) is 17.5 Å². The number of amides is 1. The molecule has 6 heteroatoms. The predicted molar refractivity (Wildman–Crippen MR) is 91.8 cm³/mol. The van der Waals surface area contributed by atoms with E-state index in [-0.39, 0.29) is 17.9 Å². The van der Waals surface area contributed by atoms with E-state index in [4.69, 9.17) is 0 Å². The molecule has 1 atom stereocenters. The summed E-state index contributed by atoms with van der Waals surface area (Å²) in [5.74, 6) is -0.550. The molecule has 0 aliphatic carbocycles. The highest BCUT2D eigenvalue weighted by atomic mass is 32.2. The predicted octanol–water partition coefficient (Wildman–Crippen LogP) is 2.66. The maximum absolute atomic E-state index is 12.8. The van der Waals surface area contributed by atoms with Gasteiger partial charge in [-0.05, 0) is 24.6 Å². The van der Waals surface area contributed by atoms with Crippen molar-refractivity contribution in [3.05, 3.63) is 65.7 Å². The first-order valence-electron chi connectivity index (χ1n) is 7.71. The van der Waals surface area contributed by atoms with E-state index in [0.717, 1.165) is 9.87 Å². The SMILES string of the molecule is CCC(=O)N(CC(O)c1ccccc1)S(=O)(=O)c1ccc(C)cc1. The molecule has 0 bridgehead atoms. The van der Waals surface area contributed by atoms with E-state index < -0.39 is 22.0 Å². The molecule has 0 aromatic heterocycles. The van der Waals surface area contributed by atoms with E-state index in [1.54, 1.807) is 49.4 Å². The number of carbonyl (C=O) groups excluding carboxylic acids is 1. The van der Waals surface area contributed by atoms with Crippen LogP contribution < -0.4 is 0 Å². The molecule has 0 fully saturated rings. The number of sulfonamides is 1. The summed E-state index contributed by atoms with van der Waals surface area (Å²) >= 11 is 0. The number of rotatable bonds is 6. The quantitative estimate of drug-likeness (QED) is 0.872. The summed E-state index contributed by atoms with van der Waals surface area (Å²) in [7, 11) is -4.01. The Morgan fingerprint density at radius 3 is 2.21 bits per heavy atom. The van der Waals surface area contributed by atoms with Crippen molar-refractivity contribution in [2.24, 2.45) is 0 Å². The highest BCUT2D eigenvalue weighted by Gasteiger charge is 2.30. The molecule has 24 heavy (non-hydrogen) atoms. The molecule has 2 rings (SSSR count). The van der Waals surface area contributed by atoms with Gasteiger partial charge in [-0.1, -0.05) is 55.0 Å². The monoisotopic (exact) mass is 347 g/mol. The van der Waals surface area contributed by atoms with Gasteiger partial charge in [-0.2, -0.15) is 0 Å². The Kier molecular flexibility index (Phi) is 5.75. The maximum Gasteiger partial charge on any atom is 0.266 e. The Labute approximate surface area is 142 Å². The fourth-order valence-electron chi connectivity index (χ4n) is 2.29. The van der Waals surface area contributed by atoms with Crippen molar-refractivity contribution in [2.45, 2.75) is 31.3 Å². The zero-order valence-electron chi connectivity index (χ0n) is 13.7. The smallest absolute Gasteiger partial charge is 0.266 e. The fraction of sp³-hybridized carbons (Fsp3) is 0.278. The Bertz CT molecular complexity index is 786. The van der Waals surface area contributed by atoms with Crippen molar-refractivity contribution in [3.63, 3.8) is 0 Å². The number of aliphatic hydroxyl groups is 1. The van der Waals surface area contributed by atoms with Crippen molar-refractivity contribution in [1.29, 1.82) is 0 Å². The van der Waals surface area contributed by atoms with Crippen LogP contribution in [0.15, 0.2) is 59.5 Å². The Morgan fingerprint density at radius 1 is 1.08 bits per heavy atom. The van der Waals surface area contributed by atoms with Crippen LogP contribution in [0.25, 0.3) is 0 Å². The Balaban J connectivity index is 2.34. The van der Waals surface area contributed by atoms with Gasteiger partial charge in [0.15, 0.2) is 0 Å². The third kappa shape index (κ3) is 4.01. The van der Waals surface area contributed by atoms with Gasteiger partial charge >= 0.3 is 0 Å². The highest BCUT2D eigenvalue weighted by molar-refractivity contribution is 7.89. The third-order valence-corrected chi connectivity index (χ3v) is 5.51. The van der Waals surface area contributed by atoms with Gasteiger partial charge < -0.3 is 5.11 Å². The summed E-state index contributed by atoms with van der Waals surface area (Å²) in [4.78, 5) is 12.2. The van der Waals surface area contributed by atoms with Crippen LogP contribution in [0.3, 0.4) is 0 Å². The molecule has 1 unspecified atom stereocenters. The number of hydrogen-bond donors (Lipinski definition) is 1. The van der Waals surface area contributed by atoms with Crippen LogP contribution in [0, 0.1) is 6.92 Å². The van der Waals surface area contributed by atoms with Gasteiger partial charge in [0, 0.05) is 6.42 Å². The molecular formula is C18H21NO4S. The first-order chi connectivity index (χ1) is 11.4. The molecule has 0 saturated heterocycles. The molecule has 1 N–H and O–H groups in total. The second-order valence-electron chi connectivity index (χ2n) is 5.52. The topological polar surface area (TPSA) is 74.7 Å². The number of carbonyl (C=O) groups is 1. The normalized spacial score (nSPS) is 12.6. The zero-order chi connectivity index (χ0) is 17.7. The van der Waals surface area contributed by atoms with Crippen molar-refractivity contribution in [2.75, 3.05) is 6.54 Å². The Morgan fingerprint density at radius 2 is 1.67 bits per heavy atom. The number of aliphatic hydroxyl groups excluding tert-OH is 1. The molecular weight excluding hydrogens is 326 g/mol. The lowest BCUT2D eigenvalue weighted by Gasteiger charge is -2.25. The first-order valence-corrected chi connectivity index (χ1v) is 9.15. The molecule has 0 radical (unpaired) electrons. The summed E-state index contributed by atoms with van der Waals surface area (Å²) in [5, 5.41) is 10.3. The summed E-state index contributed by atoms with van der Waals surface area (Å²) in [6, 6.07) is 15.0. The van der Waals surface area contributed by atoms with Gasteiger partial charge in [-0.15, -0.1) is 0 Å². The van der Waals surface area contributed by atoms with Crippen LogP contribution in [0.1, 0.15) is 30.6 Å². The van der Waals surface area contributed by atoms with Crippen molar-refractivity contribution < 1.29 is 18.3 Å². The first kappa shape index (κ1) is 18.2. The summed E-state index contributed by atoms with van der Waals surface area (Å²) < 4.78 is 26.4. The second-order valence-corrected chi connectivity index (χ2v) is 7.39. The minimum absolute atomic E-state index is 0.0343. The average Bonchev–Trinajstić information content (AvgIpc) is 2.59. The van der Waals surface area contributed by atoms with E-state index in [1.165, 1.54) is 12.1 Å². The zero-order valence-corrected chi connectivity index (χ0v) is 14.5. The number of nitrogens with zero attached hydrogens (tertiary/aromatic N) is 1. The fourth-order valence-corrected chi connectivity index (χ4v) is 3.75. The van der Waals surface area contributed by atoms with Crippen LogP contribution in [-0.4, -0.2) is 30.3 Å². The number of hydrogen-bond acceptors (Lipinski definition) is 4. The van der Waals surface area contributed by atoms with Gasteiger partial charge in [-0.25, -0.2) is 12.7 Å². The summed E-state index contributed by atoms with van der Waals surface area (Å²) in [6.07, 6.45) is -1.05. The lowest BCUT2D eigenvalue weighted by molar-refractivity contribution is -0.127. The van der Waals surface area contributed by atoms with Gasteiger partial charge in [0.25, 0.3) is 10.0 Å². The van der Waals surface area contributed by atoms with Crippen molar-refractivity contribution in [3.8, 4) is 0 Å². The van der Waals surface area contributed by atoms with Crippen LogP contribution in [0.4, 0.5) is 0 Å². The average molecular weight is 347 g/mol. The minimum atomic E-state index is -4.01. The van der Waals surface area contributed by atoms with Crippen molar-refractivity contribution in [1.82, 2.24) is 4.31 Å². The lowest BCUT2D eigenvalue weighted by atomic mass is 10.1. The maximum atomic E-state index is 12.8. The van der Waals surface area contributed by atoms with Gasteiger partial charge in [-0.3, -0.25) is 4.79 Å². The van der Waals surface area contributed by atoms with E-state index >= 15 is 0 Å². The van der Waals surface area contributed by atoms with E-state index in [0.29, 0.717) is 5.56 Å². The second kappa shape index (κ2) is 7.59. The number of aryl methyl sites for hydroxylation is 1. The molecule has 0 aliphatic rings. The van der Waals surface area contributed by atoms with Gasteiger partial charge in [0.2, 0.25) is 5.91 Å². The lowest BCUT2D eigenvalue weighted by Crippen LogP contribution is -2.39. The molecule has 128 valence electrons. The van der Waals surface area contributed by atoms with E-state index in [1.807, 2.05) is 6.92 Å². The van der Waals surface area contributed by atoms with Crippen LogP contribution in [0.5, 0.6) is 0 Å². The van der Waals surface area contributed by atoms with Crippen LogP contribution in [0.2, 0.25) is 0 Å². The molecule has 5 nitrogen and oxygen atoms in total. The standard InChI is InChI=1S/C18H21NO4S/c1-3-18(21)19(13-17(20)15-7-5-4-6-8-15)24(22,23)16-11-9-14(2)10-12-16/h4-12,17,20H,3,13H2,1-2H3. The van der Waals surface area contributed by atoms with E-state index in [2.05, 4.69) is 0 Å². The molecule has 2 aromatic carbocycles. The minimum Gasteiger partial charge on any atom is -0.387 e.